The van der Waals surface area contributed by atoms with Gasteiger partial charge in [0.05, 0.1) is 5.41 Å². The number of ketones is 1. The van der Waals surface area contributed by atoms with E-state index in [2.05, 4.69) is 17.4 Å². The summed E-state index contributed by atoms with van der Waals surface area (Å²) in [6.07, 6.45) is 4.70. The third-order valence-electron chi connectivity index (χ3n) is 9.41. The Balaban J connectivity index is 1.26. The van der Waals surface area contributed by atoms with Crippen molar-refractivity contribution in [2.75, 3.05) is 0 Å². The molecule has 4 aliphatic carbocycles. The Bertz CT molecular complexity index is 1320. The quantitative estimate of drug-likeness (QED) is 0.332. The molecule has 1 atom stereocenters. The SMILES string of the molecule is C/C(N)=C(\NC(=O)OC(C)c1ccccc1Cl)C(=O)C12CCC(c3ccc(C4(C(=O)O)CC4)cc3)(CC1)CC2. The number of hydrogen-bond donors (Lipinski definition) is 3. The monoisotopic (exact) mass is 550 g/mol. The average Bonchev–Trinajstić information content (AvgIpc) is 3.75. The van der Waals surface area contributed by atoms with Crippen molar-refractivity contribution in [3.05, 3.63) is 81.6 Å². The fourth-order valence-corrected chi connectivity index (χ4v) is 6.90. The van der Waals surface area contributed by atoms with Crippen molar-refractivity contribution < 1.29 is 24.2 Å². The van der Waals surface area contributed by atoms with Gasteiger partial charge in [0.25, 0.3) is 0 Å². The molecule has 7 nitrogen and oxygen atoms in total. The maximum atomic E-state index is 13.8. The summed E-state index contributed by atoms with van der Waals surface area (Å²) in [5, 5.41) is 12.8. The molecular formula is C31H35ClN2O5. The van der Waals surface area contributed by atoms with E-state index in [-0.39, 0.29) is 22.6 Å². The molecule has 4 N–H and O–H groups in total. The van der Waals surface area contributed by atoms with Gasteiger partial charge in [-0.25, -0.2) is 4.79 Å². The van der Waals surface area contributed by atoms with E-state index in [1.54, 1.807) is 32.0 Å². The fraction of sp³-hybridized carbons (Fsp3) is 0.452. The lowest BCUT2D eigenvalue weighted by Gasteiger charge is -2.53. The highest BCUT2D eigenvalue weighted by atomic mass is 35.5. The number of nitrogens with two attached hydrogens (primary N) is 1. The second-order valence-corrected chi connectivity index (χ2v) is 12.0. The second-order valence-electron chi connectivity index (χ2n) is 11.6. The minimum Gasteiger partial charge on any atom is -0.481 e. The Hall–Kier alpha value is -3.32. The van der Waals surface area contributed by atoms with Crippen molar-refractivity contribution in [1.82, 2.24) is 5.32 Å². The molecule has 0 aliphatic heterocycles. The molecule has 206 valence electrons. The number of allylic oxidation sites excluding steroid dienone is 2. The van der Waals surface area contributed by atoms with E-state index >= 15 is 0 Å². The van der Waals surface area contributed by atoms with E-state index in [0.29, 0.717) is 42.7 Å². The van der Waals surface area contributed by atoms with Gasteiger partial charge in [0, 0.05) is 21.7 Å². The van der Waals surface area contributed by atoms with Crippen LogP contribution in [0.15, 0.2) is 59.9 Å². The zero-order valence-corrected chi connectivity index (χ0v) is 23.1. The zero-order valence-electron chi connectivity index (χ0n) is 22.4. The molecule has 2 bridgehead atoms. The summed E-state index contributed by atoms with van der Waals surface area (Å²) in [5.41, 5.74) is 7.93. The molecule has 0 heterocycles. The van der Waals surface area contributed by atoms with Crippen molar-refractivity contribution in [3.8, 4) is 0 Å². The maximum absolute atomic E-state index is 13.8. The summed E-state index contributed by atoms with van der Waals surface area (Å²) in [4.78, 5) is 38.3. The standard InChI is InChI=1S/C31H35ClN2O5/c1-19(33)25(34-28(38)39-20(2)23-5-3-4-6-24(23)32)26(35)30-14-11-29(12-15-30,13-16-30)21-7-9-22(10-8-21)31(17-18-31)27(36)37/h3-10,20H,11-18,33H2,1-2H3,(H,34,38)(H,36,37)/b25-19+. The summed E-state index contributed by atoms with van der Waals surface area (Å²) in [6.45, 7) is 3.34. The Kier molecular flexibility index (Phi) is 7.00. The van der Waals surface area contributed by atoms with E-state index in [0.717, 1.165) is 24.8 Å². The smallest absolute Gasteiger partial charge is 0.412 e. The minimum atomic E-state index is -0.748. The number of carboxylic acid groups (broad SMARTS) is 1. The number of fused-ring (bicyclic) bond motifs is 3. The molecular weight excluding hydrogens is 516 g/mol. The molecule has 39 heavy (non-hydrogen) atoms. The van der Waals surface area contributed by atoms with Gasteiger partial charge in [-0.3, -0.25) is 14.9 Å². The molecule has 4 fully saturated rings. The number of alkyl carbamates (subject to hydrolysis) is 1. The third kappa shape index (κ3) is 4.82. The lowest BCUT2D eigenvalue weighted by atomic mass is 9.50. The number of hydrogen-bond acceptors (Lipinski definition) is 5. The van der Waals surface area contributed by atoms with Crippen LogP contribution in [0.3, 0.4) is 0 Å². The summed E-state index contributed by atoms with van der Waals surface area (Å²) in [7, 11) is 0. The van der Waals surface area contributed by atoms with Gasteiger partial charge in [-0.2, -0.15) is 0 Å². The van der Waals surface area contributed by atoms with E-state index < -0.39 is 29.0 Å². The number of amides is 1. The number of carbonyl (C=O) groups is 3. The van der Waals surface area contributed by atoms with Crippen LogP contribution >= 0.6 is 11.6 Å². The average molecular weight is 551 g/mol. The number of carboxylic acids is 1. The summed E-state index contributed by atoms with van der Waals surface area (Å²) < 4.78 is 5.53. The van der Waals surface area contributed by atoms with Crippen LogP contribution in [-0.2, 0) is 25.2 Å². The molecule has 0 spiro atoms. The van der Waals surface area contributed by atoms with Crippen LogP contribution < -0.4 is 11.1 Å². The first-order valence-corrected chi connectivity index (χ1v) is 14.0. The molecule has 0 saturated heterocycles. The van der Waals surface area contributed by atoms with Crippen LogP contribution in [0.1, 0.15) is 88.0 Å². The molecule has 4 saturated carbocycles. The Labute approximate surface area is 233 Å². The number of aliphatic carboxylic acids is 1. The first-order valence-electron chi connectivity index (χ1n) is 13.6. The summed E-state index contributed by atoms with van der Waals surface area (Å²) in [5.74, 6) is -0.882. The molecule has 0 aromatic heterocycles. The largest absolute Gasteiger partial charge is 0.481 e. The molecule has 1 amide bonds. The van der Waals surface area contributed by atoms with Gasteiger partial charge in [0.15, 0.2) is 5.78 Å². The van der Waals surface area contributed by atoms with Crippen molar-refractivity contribution in [1.29, 1.82) is 0 Å². The van der Waals surface area contributed by atoms with Gasteiger partial charge in [-0.15, -0.1) is 0 Å². The first kappa shape index (κ1) is 27.3. The molecule has 0 radical (unpaired) electrons. The topological polar surface area (TPSA) is 119 Å². The number of ether oxygens (including phenoxy) is 1. The molecule has 6 rings (SSSR count). The highest BCUT2D eigenvalue weighted by molar-refractivity contribution is 6.31. The van der Waals surface area contributed by atoms with Crippen LogP contribution in [0.2, 0.25) is 5.02 Å². The van der Waals surface area contributed by atoms with Crippen molar-refractivity contribution in [2.24, 2.45) is 11.1 Å². The van der Waals surface area contributed by atoms with Gasteiger partial charge in [0.2, 0.25) is 0 Å². The van der Waals surface area contributed by atoms with Gasteiger partial charge in [-0.1, -0.05) is 54.1 Å². The summed E-state index contributed by atoms with van der Waals surface area (Å²) in [6, 6.07) is 15.3. The molecule has 4 aliphatic rings. The van der Waals surface area contributed by atoms with Crippen molar-refractivity contribution in [2.45, 2.75) is 82.1 Å². The van der Waals surface area contributed by atoms with Crippen LogP contribution in [0.25, 0.3) is 0 Å². The van der Waals surface area contributed by atoms with Crippen molar-refractivity contribution >= 4 is 29.4 Å². The number of nitrogens with one attached hydrogen (secondary N) is 1. The van der Waals surface area contributed by atoms with Gasteiger partial charge >= 0.3 is 12.1 Å². The highest BCUT2D eigenvalue weighted by Crippen LogP contribution is 2.59. The fourth-order valence-electron chi connectivity index (χ4n) is 6.61. The second kappa shape index (κ2) is 10.0. The number of carbonyl (C=O) groups excluding carboxylic acids is 2. The lowest BCUT2D eigenvalue weighted by molar-refractivity contribution is -0.140. The van der Waals surface area contributed by atoms with Gasteiger partial charge in [-0.05, 0) is 87.8 Å². The number of rotatable bonds is 8. The van der Waals surface area contributed by atoms with E-state index in [4.69, 9.17) is 22.1 Å². The van der Waals surface area contributed by atoms with Gasteiger partial charge < -0.3 is 15.6 Å². The van der Waals surface area contributed by atoms with Crippen LogP contribution in [-0.4, -0.2) is 23.0 Å². The Morgan fingerprint density at radius 3 is 2.00 bits per heavy atom. The maximum Gasteiger partial charge on any atom is 0.412 e. The highest BCUT2D eigenvalue weighted by Gasteiger charge is 2.54. The number of benzene rings is 2. The minimum absolute atomic E-state index is 0.0150. The van der Waals surface area contributed by atoms with E-state index in [1.807, 2.05) is 18.2 Å². The molecule has 2 aromatic rings. The predicted molar refractivity (Wildman–Crippen MR) is 148 cm³/mol. The van der Waals surface area contributed by atoms with Crippen molar-refractivity contribution in [3.63, 3.8) is 0 Å². The molecule has 2 aromatic carbocycles. The lowest BCUT2D eigenvalue weighted by Crippen LogP contribution is -2.50. The van der Waals surface area contributed by atoms with Crippen LogP contribution in [0.4, 0.5) is 4.79 Å². The number of Topliss-reactive ketones (excluding diaryl/α,β-unsaturated/α-hetero) is 1. The zero-order chi connectivity index (χ0) is 28.0. The predicted octanol–water partition coefficient (Wildman–Crippen LogP) is 6.29. The first-order chi connectivity index (χ1) is 18.5. The number of halogens is 1. The van der Waals surface area contributed by atoms with Crippen LogP contribution in [0, 0.1) is 5.41 Å². The molecule has 1 unspecified atom stereocenters. The van der Waals surface area contributed by atoms with E-state index in [1.165, 1.54) is 5.56 Å². The molecule has 8 heteroatoms. The van der Waals surface area contributed by atoms with Gasteiger partial charge in [0.1, 0.15) is 11.8 Å². The third-order valence-corrected chi connectivity index (χ3v) is 9.76. The Morgan fingerprint density at radius 2 is 1.49 bits per heavy atom. The van der Waals surface area contributed by atoms with E-state index in [9.17, 15) is 19.5 Å². The summed E-state index contributed by atoms with van der Waals surface area (Å²) >= 11 is 6.23. The van der Waals surface area contributed by atoms with Crippen LogP contribution in [0.5, 0.6) is 0 Å². The Morgan fingerprint density at radius 1 is 0.923 bits per heavy atom. The normalized spacial score (nSPS) is 26.2.